The summed E-state index contributed by atoms with van der Waals surface area (Å²) in [6.07, 6.45) is 2.56. The molecule has 8 nitrogen and oxygen atoms in total. The second-order valence-corrected chi connectivity index (χ2v) is 7.64. The highest BCUT2D eigenvalue weighted by molar-refractivity contribution is 6.09. The Hall–Kier alpha value is -3.81. The molecule has 2 aromatic carbocycles. The van der Waals surface area contributed by atoms with Crippen LogP contribution in [0.5, 0.6) is 5.75 Å². The van der Waals surface area contributed by atoms with Gasteiger partial charge in [0.25, 0.3) is 5.91 Å². The van der Waals surface area contributed by atoms with Crippen LogP contribution in [0.3, 0.4) is 0 Å². The van der Waals surface area contributed by atoms with Crippen LogP contribution in [0.15, 0.2) is 54.7 Å². The molecule has 3 N–H and O–H groups in total. The molecule has 1 aromatic heterocycles. The second kappa shape index (κ2) is 8.14. The van der Waals surface area contributed by atoms with E-state index in [0.717, 1.165) is 21.4 Å². The van der Waals surface area contributed by atoms with Crippen LogP contribution in [0.2, 0.25) is 0 Å². The van der Waals surface area contributed by atoms with E-state index >= 15 is 0 Å². The minimum atomic E-state index is -1.25. The smallest absolute Gasteiger partial charge is 0.325 e. The van der Waals surface area contributed by atoms with E-state index in [9.17, 15) is 14.4 Å². The molecule has 0 aliphatic carbocycles. The summed E-state index contributed by atoms with van der Waals surface area (Å²) in [6, 6.07) is 14.3. The molecule has 2 heterocycles. The number of amides is 4. The molecule has 4 rings (SSSR count). The summed E-state index contributed by atoms with van der Waals surface area (Å²) in [5.41, 5.74) is 1.47. The maximum absolute atomic E-state index is 13.0. The van der Waals surface area contributed by atoms with Crippen LogP contribution in [0, 0.1) is 0 Å². The van der Waals surface area contributed by atoms with E-state index in [1.807, 2.05) is 30.5 Å². The van der Waals surface area contributed by atoms with E-state index in [1.165, 1.54) is 7.11 Å². The fraction of sp³-hybridized carbons (Fsp3) is 0.261. The van der Waals surface area contributed by atoms with Gasteiger partial charge in [-0.05, 0) is 42.7 Å². The van der Waals surface area contributed by atoms with E-state index in [1.54, 1.807) is 31.2 Å². The van der Waals surface area contributed by atoms with Crippen molar-refractivity contribution >= 4 is 28.7 Å². The summed E-state index contributed by atoms with van der Waals surface area (Å²) in [5.74, 6) is -0.287. The number of aromatic amines is 1. The number of nitrogens with one attached hydrogen (secondary N) is 3. The Balaban J connectivity index is 1.37. The molecule has 0 saturated carbocycles. The lowest BCUT2D eigenvalue weighted by Crippen LogP contribution is -2.43. The monoisotopic (exact) mass is 420 g/mol. The number of methoxy groups -OCH3 is 1. The summed E-state index contributed by atoms with van der Waals surface area (Å²) < 4.78 is 5.21. The Morgan fingerprint density at radius 2 is 1.97 bits per heavy atom. The van der Waals surface area contributed by atoms with Crippen molar-refractivity contribution in [2.24, 2.45) is 0 Å². The number of rotatable bonds is 7. The average Bonchev–Trinajstić information content (AvgIpc) is 3.28. The molecule has 1 saturated heterocycles. The topological polar surface area (TPSA) is 104 Å². The van der Waals surface area contributed by atoms with E-state index < -0.39 is 23.4 Å². The first-order chi connectivity index (χ1) is 14.9. The van der Waals surface area contributed by atoms with Crippen LogP contribution in [-0.4, -0.2) is 47.9 Å². The van der Waals surface area contributed by atoms with Crippen molar-refractivity contribution in [2.45, 2.75) is 18.9 Å². The second-order valence-electron chi connectivity index (χ2n) is 7.64. The van der Waals surface area contributed by atoms with E-state index in [0.29, 0.717) is 24.3 Å². The van der Waals surface area contributed by atoms with E-state index in [-0.39, 0.29) is 6.54 Å². The molecule has 1 aliphatic rings. The zero-order valence-corrected chi connectivity index (χ0v) is 17.4. The average molecular weight is 420 g/mol. The first-order valence-electron chi connectivity index (χ1n) is 10.0. The molecular formula is C23H24N4O4. The number of benzene rings is 2. The molecule has 1 fully saturated rings. The SMILES string of the molecule is COc1cccc([C@@]2(C)NC(=O)N(CC(=O)NCCc3c[nH]c4ccccc34)C2=O)c1. The predicted octanol–water partition coefficient (Wildman–Crippen LogP) is 2.30. The first-order valence-corrected chi connectivity index (χ1v) is 10.0. The molecule has 3 aromatic rings. The standard InChI is InChI=1S/C23H24N4O4/c1-23(16-6-5-7-17(12-16)31-2)21(29)27(22(30)26-23)14-20(28)24-11-10-15-13-25-19-9-4-3-8-18(15)19/h3-9,12-13,25H,10-11,14H2,1-2H3,(H,24,28)(H,26,30)/t23-/m1/s1. The van der Waals surface area contributed by atoms with Gasteiger partial charge in [0.2, 0.25) is 5.91 Å². The van der Waals surface area contributed by atoms with Crippen molar-refractivity contribution in [3.05, 3.63) is 65.9 Å². The van der Waals surface area contributed by atoms with Crippen molar-refractivity contribution in [3.8, 4) is 5.75 Å². The van der Waals surface area contributed by atoms with E-state index in [4.69, 9.17) is 4.74 Å². The van der Waals surface area contributed by atoms with Gasteiger partial charge in [-0.2, -0.15) is 0 Å². The normalized spacial score (nSPS) is 18.3. The summed E-state index contributed by atoms with van der Waals surface area (Å²) in [7, 11) is 1.53. The first kappa shape index (κ1) is 20.5. The zero-order valence-electron chi connectivity index (χ0n) is 17.4. The molecular weight excluding hydrogens is 396 g/mol. The van der Waals surface area contributed by atoms with Gasteiger partial charge in [-0.25, -0.2) is 4.79 Å². The number of carbonyl (C=O) groups excluding carboxylic acids is 3. The fourth-order valence-electron chi connectivity index (χ4n) is 3.84. The van der Waals surface area contributed by atoms with Gasteiger partial charge in [0.15, 0.2) is 0 Å². The minimum absolute atomic E-state index is 0.335. The maximum Gasteiger partial charge on any atom is 0.325 e. The highest BCUT2D eigenvalue weighted by Gasteiger charge is 2.49. The number of imide groups is 1. The van der Waals surface area contributed by atoms with Gasteiger partial charge in [0, 0.05) is 23.6 Å². The highest BCUT2D eigenvalue weighted by Crippen LogP contribution is 2.30. The molecule has 0 radical (unpaired) electrons. The maximum atomic E-state index is 13.0. The fourth-order valence-corrected chi connectivity index (χ4v) is 3.84. The van der Waals surface area contributed by atoms with Crippen molar-refractivity contribution in [1.82, 2.24) is 20.5 Å². The van der Waals surface area contributed by atoms with Crippen LogP contribution in [0.1, 0.15) is 18.1 Å². The lowest BCUT2D eigenvalue weighted by Gasteiger charge is -2.22. The zero-order chi connectivity index (χ0) is 22.0. The van der Waals surface area contributed by atoms with Crippen molar-refractivity contribution < 1.29 is 19.1 Å². The summed E-state index contributed by atoms with van der Waals surface area (Å²) >= 11 is 0. The van der Waals surface area contributed by atoms with Gasteiger partial charge in [-0.3, -0.25) is 14.5 Å². The molecule has 1 aliphatic heterocycles. The Kier molecular flexibility index (Phi) is 5.37. The Labute approximate surface area is 179 Å². The van der Waals surface area contributed by atoms with Gasteiger partial charge in [0.1, 0.15) is 17.8 Å². The van der Waals surface area contributed by atoms with Crippen LogP contribution < -0.4 is 15.4 Å². The Bertz CT molecular complexity index is 1160. The van der Waals surface area contributed by atoms with Crippen LogP contribution in [0.25, 0.3) is 10.9 Å². The van der Waals surface area contributed by atoms with Crippen molar-refractivity contribution in [1.29, 1.82) is 0 Å². The molecule has 31 heavy (non-hydrogen) atoms. The molecule has 4 amide bonds. The number of hydrogen-bond acceptors (Lipinski definition) is 4. The van der Waals surface area contributed by atoms with Gasteiger partial charge in [0.05, 0.1) is 7.11 Å². The van der Waals surface area contributed by atoms with Gasteiger partial charge < -0.3 is 20.4 Å². The number of ether oxygens (including phenoxy) is 1. The quantitative estimate of drug-likeness (QED) is 0.510. The van der Waals surface area contributed by atoms with E-state index in [2.05, 4.69) is 15.6 Å². The lowest BCUT2D eigenvalue weighted by atomic mass is 9.92. The van der Waals surface area contributed by atoms with Crippen LogP contribution in [-0.2, 0) is 21.5 Å². The number of fused-ring (bicyclic) bond motifs is 1. The third-order valence-corrected chi connectivity index (χ3v) is 5.62. The number of para-hydroxylation sites is 1. The van der Waals surface area contributed by atoms with Crippen LogP contribution in [0.4, 0.5) is 4.79 Å². The van der Waals surface area contributed by atoms with Crippen molar-refractivity contribution in [2.75, 3.05) is 20.2 Å². The summed E-state index contributed by atoms with van der Waals surface area (Å²) in [5, 5.41) is 6.60. The van der Waals surface area contributed by atoms with Crippen LogP contribution >= 0.6 is 0 Å². The Morgan fingerprint density at radius 1 is 1.16 bits per heavy atom. The summed E-state index contributed by atoms with van der Waals surface area (Å²) in [6.45, 7) is 1.69. The number of aromatic nitrogens is 1. The van der Waals surface area contributed by atoms with Gasteiger partial charge in [-0.15, -0.1) is 0 Å². The number of urea groups is 1. The molecule has 0 unspecified atom stereocenters. The highest BCUT2D eigenvalue weighted by atomic mass is 16.5. The number of H-pyrrole nitrogens is 1. The number of nitrogens with zero attached hydrogens (tertiary/aromatic N) is 1. The third kappa shape index (κ3) is 3.84. The van der Waals surface area contributed by atoms with Gasteiger partial charge >= 0.3 is 6.03 Å². The molecule has 0 spiro atoms. The number of hydrogen-bond donors (Lipinski definition) is 3. The third-order valence-electron chi connectivity index (χ3n) is 5.62. The van der Waals surface area contributed by atoms with Gasteiger partial charge in [-0.1, -0.05) is 30.3 Å². The lowest BCUT2D eigenvalue weighted by molar-refractivity contribution is -0.134. The molecule has 160 valence electrons. The molecule has 8 heteroatoms. The molecule has 1 atom stereocenters. The largest absolute Gasteiger partial charge is 0.497 e. The van der Waals surface area contributed by atoms with Crippen molar-refractivity contribution in [3.63, 3.8) is 0 Å². The Morgan fingerprint density at radius 3 is 2.77 bits per heavy atom. The number of carbonyl (C=O) groups is 3. The molecule has 0 bridgehead atoms. The summed E-state index contributed by atoms with van der Waals surface area (Å²) in [4.78, 5) is 42.0. The predicted molar refractivity (Wildman–Crippen MR) is 116 cm³/mol. The minimum Gasteiger partial charge on any atom is -0.497 e.